The van der Waals surface area contributed by atoms with E-state index in [1.165, 1.54) is 19.0 Å². The second-order valence-electron chi connectivity index (χ2n) is 6.74. The average Bonchev–Trinajstić information content (AvgIpc) is 3.18. The molecule has 0 unspecified atom stereocenters. The molecule has 2 aromatic heterocycles. The fourth-order valence-electron chi connectivity index (χ4n) is 3.19. The fourth-order valence-corrected chi connectivity index (χ4v) is 3.36. The minimum absolute atomic E-state index is 0.0411. The van der Waals surface area contributed by atoms with E-state index in [0.29, 0.717) is 21.8 Å². The van der Waals surface area contributed by atoms with E-state index < -0.39 is 0 Å². The van der Waals surface area contributed by atoms with Gasteiger partial charge in [0.2, 0.25) is 5.91 Å². The molecule has 3 N–H and O–H groups in total. The number of carbonyl (C=O) groups excluding carboxylic acids is 1. The molecular weight excluding hydrogens is 344 g/mol. The highest BCUT2D eigenvalue weighted by Gasteiger charge is 2.44. The van der Waals surface area contributed by atoms with Crippen LogP contribution in [0.25, 0.3) is 11.6 Å². The minimum atomic E-state index is 0.0411. The molecule has 9 heteroatoms. The predicted octanol–water partition coefficient (Wildman–Crippen LogP) is 2.18. The Hall–Kier alpha value is -2.35. The summed E-state index contributed by atoms with van der Waals surface area (Å²) in [4.78, 5) is 18.3. The van der Waals surface area contributed by atoms with E-state index in [2.05, 4.69) is 20.5 Å². The number of hydrogen-bond acceptors (Lipinski definition) is 7. The van der Waals surface area contributed by atoms with Crippen molar-refractivity contribution in [1.29, 1.82) is 0 Å². The number of likely N-dealkylation sites (tertiary alicyclic amines) is 1. The second kappa shape index (κ2) is 6.18. The highest BCUT2D eigenvalue weighted by Crippen LogP contribution is 2.53. The summed E-state index contributed by atoms with van der Waals surface area (Å²) in [5, 5.41) is 11.1. The van der Waals surface area contributed by atoms with Gasteiger partial charge in [0.25, 0.3) is 5.89 Å². The Labute approximate surface area is 149 Å². The van der Waals surface area contributed by atoms with Gasteiger partial charge in [0.1, 0.15) is 0 Å². The number of nitrogen functional groups attached to an aromatic ring is 1. The Morgan fingerprint density at radius 2 is 2.08 bits per heavy atom. The van der Waals surface area contributed by atoms with Gasteiger partial charge in [-0.3, -0.25) is 4.79 Å². The second-order valence-corrected chi connectivity index (χ2v) is 7.17. The van der Waals surface area contributed by atoms with E-state index in [1.54, 1.807) is 6.07 Å². The Morgan fingerprint density at radius 3 is 2.76 bits per heavy atom. The smallest absolute Gasteiger partial charge is 0.316 e. The monoisotopic (exact) mass is 362 g/mol. The third kappa shape index (κ3) is 3.39. The summed E-state index contributed by atoms with van der Waals surface area (Å²) in [6.07, 6.45) is 6.33. The Bertz CT molecular complexity index is 794. The molecule has 132 valence electrons. The molecule has 2 fully saturated rings. The number of nitrogens with zero attached hydrogens (tertiary/aromatic N) is 4. The van der Waals surface area contributed by atoms with Gasteiger partial charge in [-0.25, -0.2) is 4.98 Å². The first kappa shape index (κ1) is 16.1. The van der Waals surface area contributed by atoms with Crippen molar-refractivity contribution in [3.05, 3.63) is 17.3 Å². The van der Waals surface area contributed by atoms with Crippen molar-refractivity contribution in [2.24, 2.45) is 5.41 Å². The van der Waals surface area contributed by atoms with Crippen LogP contribution in [0, 0.1) is 5.41 Å². The summed E-state index contributed by atoms with van der Waals surface area (Å²) in [6, 6.07) is 1.73. The first-order valence-corrected chi connectivity index (χ1v) is 8.69. The zero-order valence-electron chi connectivity index (χ0n) is 13.7. The van der Waals surface area contributed by atoms with Crippen LogP contribution in [0.4, 0.5) is 11.7 Å². The van der Waals surface area contributed by atoms with Crippen LogP contribution >= 0.6 is 11.6 Å². The maximum Gasteiger partial charge on any atom is 0.316 e. The standard InChI is InChI=1S/C16H19ClN6O2/c17-10-7-11(18)13(19-8-10)14-21-22-15(25-14)20-9-12(24)23-5-3-16(1-2-16)4-6-23/h7-8H,1-6,9,18H2,(H,20,22). The quantitative estimate of drug-likeness (QED) is 0.857. The van der Waals surface area contributed by atoms with Gasteiger partial charge in [0.15, 0.2) is 5.69 Å². The van der Waals surface area contributed by atoms with Gasteiger partial charge in [0.05, 0.1) is 17.3 Å². The molecule has 2 aromatic rings. The van der Waals surface area contributed by atoms with Crippen LogP contribution in [0.3, 0.4) is 0 Å². The van der Waals surface area contributed by atoms with Crippen LogP contribution in [0.5, 0.6) is 0 Å². The summed E-state index contributed by atoms with van der Waals surface area (Å²) in [5.74, 6) is 0.220. The van der Waals surface area contributed by atoms with Crippen molar-refractivity contribution in [3.8, 4) is 11.6 Å². The van der Waals surface area contributed by atoms with E-state index >= 15 is 0 Å². The van der Waals surface area contributed by atoms with Crippen LogP contribution in [-0.2, 0) is 4.79 Å². The van der Waals surface area contributed by atoms with Crippen LogP contribution in [0.2, 0.25) is 5.02 Å². The molecule has 0 radical (unpaired) electrons. The first-order valence-electron chi connectivity index (χ1n) is 8.31. The predicted molar refractivity (Wildman–Crippen MR) is 92.9 cm³/mol. The Morgan fingerprint density at radius 1 is 1.32 bits per heavy atom. The van der Waals surface area contributed by atoms with E-state index in [9.17, 15) is 4.79 Å². The lowest BCUT2D eigenvalue weighted by Crippen LogP contribution is -2.41. The van der Waals surface area contributed by atoms with Crippen molar-refractivity contribution in [2.75, 3.05) is 30.7 Å². The molecule has 0 aromatic carbocycles. The number of pyridine rings is 1. The summed E-state index contributed by atoms with van der Waals surface area (Å²) in [5.41, 5.74) is 7.12. The number of nitrogens with two attached hydrogens (primary N) is 1. The lowest BCUT2D eigenvalue weighted by Gasteiger charge is -2.32. The number of halogens is 1. The molecule has 1 aliphatic heterocycles. The summed E-state index contributed by atoms with van der Waals surface area (Å²) in [7, 11) is 0. The number of piperidine rings is 1. The molecule has 0 atom stereocenters. The third-order valence-electron chi connectivity index (χ3n) is 5.04. The highest BCUT2D eigenvalue weighted by molar-refractivity contribution is 6.30. The first-order chi connectivity index (χ1) is 12.0. The molecule has 1 amide bonds. The Kier molecular flexibility index (Phi) is 3.99. The van der Waals surface area contributed by atoms with Crippen molar-refractivity contribution in [3.63, 3.8) is 0 Å². The van der Waals surface area contributed by atoms with Gasteiger partial charge in [-0.2, -0.15) is 0 Å². The molecule has 2 aliphatic rings. The van der Waals surface area contributed by atoms with Gasteiger partial charge in [-0.05, 0) is 37.2 Å². The molecule has 0 bridgehead atoms. The normalized spacial score (nSPS) is 18.4. The van der Waals surface area contributed by atoms with Crippen molar-refractivity contribution in [2.45, 2.75) is 25.7 Å². The lowest BCUT2D eigenvalue weighted by molar-refractivity contribution is -0.130. The third-order valence-corrected chi connectivity index (χ3v) is 5.24. The summed E-state index contributed by atoms with van der Waals surface area (Å²) in [6.45, 7) is 1.79. The number of nitrogens with one attached hydrogen (secondary N) is 1. The largest absolute Gasteiger partial charge is 0.402 e. The number of hydrogen-bond donors (Lipinski definition) is 2. The van der Waals surface area contributed by atoms with Gasteiger partial charge in [0, 0.05) is 19.3 Å². The van der Waals surface area contributed by atoms with Gasteiger partial charge in [-0.1, -0.05) is 16.7 Å². The van der Waals surface area contributed by atoms with E-state index in [4.69, 9.17) is 21.8 Å². The molecule has 3 heterocycles. The number of anilines is 2. The van der Waals surface area contributed by atoms with Crippen LogP contribution in [-0.4, -0.2) is 45.6 Å². The molecule has 4 rings (SSSR count). The van der Waals surface area contributed by atoms with Crippen LogP contribution in [0.15, 0.2) is 16.7 Å². The zero-order chi connectivity index (χ0) is 17.4. The van der Waals surface area contributed by atoms with Crippen LogP contribution < -0.4 is 11.1 Å². The molecule has 1 saturated heterocycles. The number of carbonyl (C=O) groups is 1. The number of rotatable bonds is 4. The SMILES string of the molecule is Nc1cc(Cl)cnc1-c1nnc(NCC(=O)N2CCC3(CC2)CC3)o1. The Balaban J connectivity index is 1.34. The van der Waals surface area contributed by atoms with E-state index in [-0.39, 0.29) is 24.4 Å². The molecular formula is C16H19ClN6O2. The topological polar surface area (TPSA) is 110 Å². The van der Waals surface area contributed by atoms with Gasteiger partial charge in [-0.15, -0.1) is 5.10 Å². The van der Waals surface area contributed by atoms with Gasteiger partial charge < -0.3 is 20.4 Å². The number of amides is 1. The van der Waals surface area contributed by atoms with Crippen molar-refractivity contribution >= 4 is 29.2 Å². The van der Waals surface area contributed by atoms with E-state index in [1.807, 2.05) is 4.90 Å². The van der Waals surface area contributed by atoms with Crippen molar-refractivity contribution in [1.82, 2.24) is 20.1 Å². The molecule has 1 aliphatic carbocycles. The van der Waals surface area contributed by atoms with Crippen molar-refractivity contribution < 1.29 is 9.21 Å². The maximum atomic E-state index is 12.3. The van der Waals surface area contributed by atoms with Crippen LogP contribution in [0.1, 0.15) is 25.7 Å². The summed E-state index contributed by atoms with van der Waals surface area (Å²) >= 11 is 5.83. The lowest BCUT2D eigenvalue weighted by atomic mass is 9.94. The average molecular weight is 363 g/mol. The molecule has 1 spiro atoms. The van der Waals surface area contributed by atoms with E-state index in [0.717, 1.165) is 25.9 Å². The fraction of sp³-hybridized carbons (Fsp3) is 0.500. The molecule has 25 heavy (non-hydrogen) atoms. The van der Waals surface area contributed by atoms with Gasteiger partial charge >= 0.3 is 6.01 Å². The highest BCUT2D eigenvalue weighted by atomic mass is 35.5. The summed E-state index contributed by atoms with van der Waals surface area (Å²) < 4.78 is 5.48. The number of aromatic nitrogens is 3. The maximum absolute atomic E-state index is 12.3. The molecule has 1 saturated carbocycles. The zero-order valence-corrected chi connectivity index (χ0v) is 14.4. The molecule has 8 nitrogen and oxygen atoms in total. The minimum Gasteiger partial charge on any atom is -0.402 e.